The van der Waals surface area contributed by atoms with Crippen LogP contribution in [-0.2, 0) is 17.1 Å². The molecule has 1 aliphatic heterocycles. The predicted molar refractivity (Wildman–Crippen MR) is 91.7 cm³/mol. The van der Waals surface area contributed by atoms with Gasteiger partial charge in [-0.05, 0) is 19.3 Å². The van der Waals surface area contributed by atoms with E-state index in [1.807, 2.05) is 31.8 Å². The first-order valence-corrected chi connectivity index (χ1v) is 10.3. The third-order valence-electron chi connectivity index (χ3n) is 5.03. The van der Waals surface area contributed by atoms with E-state index in [1.165, 1.54) is 17.1 Å². The predicted octanol–water partition coefficient (Wildman–Crippen LogP) is 1.65. The lowest BCUT2D eigenvalue weighted by molar-refractivity contribution is 0.427. The summed E-state index contributed by atoms with van der Waals surface area (Å²) in [7, 11) is -1.74. The quantitative estimate of drug-likeness (QED) is 0.805. The molecular formula is C16H24N6O2S. The molecule has 3 heterocycles. The van der Waals surface area contributed by atoms with Crippen molar-refractivity contribution in [2.45, 2.75) is 56.0 Å². The van der Waals surface area contributed by atoms with Gasteiger partial charge in [-0.3, -0.25) is 0 Å². The first kappa shape index (κ1) is 16.7. The zero-order valence-corrected chi connectivity index (χ0v) is 15.6. The molecule has 1 saturated carbocycles. The Balaban J connectivity index is 1.52. The van der Waals surface area contributed by atoms with Crippen LogP contribution >= 0.6 is 0 Å². The Hall–Kier alpha value is -1.74. The highest BCUT2D eigenvalue weighted by molar-refractivity contribution is 7.89. The van der Waals surface area contributed by atoms with Gasteiger partial charge in [0.15, 0.2) is 5.03 Å². The Bertz CT molecular complexity index is 880. The minimum atomic E-state index is -3.57. The van der Waals surface area contributed by atoms with Gasteiger partial charge in [0.1, 0.15) is 5.82 Å². The molecule has 2 fully saturated rings. The van der Waals surface area contributed by atoms with Crippen molar-refractivity contribution in [3.63, 3.8) is 0 Å². The van der Waals surface area contributed by atoms with Gasteiger partial charge in [-0.25, -0.2) is 18.1 Å². The Morgan fingerprint density at radius 1 is 1.20 bits per heavy atom. The second-order valence-electron chi connectivity index (χ2n) is 7.41. The summed E-state index contributed by atoms with van der Waals surface area (Å²) >= 11 is 0. The number of nitrogens with zero attached hydrogens (tertiary/aromatic N) is 6. The van der Waals surface area contributed by atoms with Gasteiger partial charge in [0, 0.05) is 44.4 Å². The lowest BCUT2D eigenvalue weighted by atomic mass is 10.2. The van der Waals surface area contributed by atoms with Crippen molar-refractivity contribution in [1.82, 2.24) is 28.9 Å². The van der Waals surface area contributed by atoms with Gasteiger partial charge in [-0.15, -0.1) is 5.10 Å². The summed E-state index contributed by atoms with van der Waals surface area (Å²) < 4.78 is 31.0. The van der Waals surface area contributed by atoms with E-state index < -0.39 is 10.0 Å². The summed E-state index contributed by atoms with van der Waals surface area (Å²) in [5.41, 5.74) is 1.03. The van der Waals surface area contributed by atoms with Crippen LogP contribution in [0.1, 0.15) is 62.5 Å². The smallest absolute Gasteiger partial charge is 0.262 e. The molecular weight excluding hydrogens is 340 g/mol. The van der Waals surface area contributed by atoms with Gasteiger partial charge >= 0.3 is 0 Å². The van der Waals surface area contributed by atoms with E-state index in [0.717, 1.165) is 17.9 Å². The topological polar surface area (TPSA) is 85.9 Å². The Morgan fingerprint density at radius 3 is 2.60 bits per heavy atom. The van der Waals surface area contributed by atoms with E-state index in [1.54, 1.807) is 10.8 Å². The molecule has 2 aliphatic rings. The molecule has 25 heavy (non-hydrogen) atoms. The lowest BCUT2D eigenvalue weighted by Crippen LogP contribution is -2.29. The molecule has 0 spiro atoms. The molecule has 0 N–H and O–H groups in total. The molecule has 8 nitrogen and oxygen atoms in total. The number of sulfonamides is 1. The average molecular weight is 364 g/mol. The first-order valence-electron chi connectivity index (χ1n) is 8.81. The third-order valence-corrected chi connectivity index (χ3v) is 6.77. The van der Waals surface area contributed by atoms with Crippen LogP contribution in [0.5, 0.6) is 0 Å². The first-order chi connectivity index (χ1) is 11.9. The molecule has 1 atom stereocenters. The Kier molecular flexibility index (Phi) is 3.95. The van der Waals surface area contributed by atoms with Crippen molar-refractivity contribution in [2.24, 2.45) is 7.05 Å². The van der Waals surface area contributed by atoms with Crippen LogP contribution in [-0.4, -0.2) is 50.4 Å². The standard InChI is InChI=1S/C16H24N6O2S/c1-11(2)16-17-15(10-20(16)3)25(23,24)21-7-6-13(8-21)22-9-14(18-19-22)12-4-5-12/h9-13H,4-8H2,1-3H3. The molecule has 136 valence electrons. The van der Waals surface area contributed by atoms with E-state index in [-0.39, 0.29) is 17.0 Å². The van der Waals surface area contributed by atoms with E-state index >= 15 is 0 Å². The molecule has 2 aromatic rings. The van der Waals surface area contributed by atoms with Crippen LogP contribution < -0.4 is 0 Å². The maximum absolute atomic E-state index is 12.9. The molecule has 9 heteroatoms. The van der Waals surface area contributed by atoms with Crippen molar-refractivity contribution >= 4 is 10.0 Å². The lowest BCUT2D eigenvalue weighted by Gasteiger charge is -2.14. The Morgan fingerprint density at radius 2 is 1.96 bits per heavy atom. The summed E-state index contributed by atoms with van der Waals surface area (Å²) in [6, 6.07) is 0.0445. The minimum Gasteiger partial charge on any atom is -0.336 e. The second-order valence-corrected chi connectivity index (χ2v) is 9.29. The number of hydrogen-bond donors (Lipinski definition) is 0. The average Bonchev–Trinajstić information content (AvgIpc) is 3.00. The Labute approximate surface area is 147 Å². The van der Waals surface area contributed by atoms with Crippen molar-refractivity contribution in [2.75, 3.05) is 13.1 Å². The maximum Gasteiger partial charge on any atom is 0.262 e. The van der Waals surface area contributed by atoms with Crippen LogP contribution in [0.25, 0.3) is 0 Å². The molecule has 0 bridgehead atoms. The summed E-state index contributed by atoms with van der Waals surface area (Å²) in [6.07, 6.45) is 6.70. The number of aromatic nitrogens is 5. The summed E-state index contributed by atoms with van der Waals surface area (Å²) in [6.45, 7) is 4.92. The summed E-state index contributed by atoms with van der Waals surface area (Å²) in [5.74, 6) is 1.51. The van der Waals surface area contributed by atoms with E-state index in [0.29, 0.717) is 19.0 Å². The summed E-state index contributed by atoms with van der Waals surface area (Å²) in [4.78, 5) is 4.36. The van der Waals surface area contributed by atoms with E-state index in [2.05, 4.69) is 15.3 Å². The van der Waals surface area contributed by atoms with E-state index in [9.17, 15) is 8.42 Å². The fourth-order valence-electron chi connectivity index (χ4n) is 3.43. The molecule has 4 rings (SSSR count). The van der Waals surface area contributed by atoms with Crippen LogP contribution in [0.3, 0.4) is 0 Å². The molecule has 0 radical (unpaired) electrons. The molecule has 2 aromatic heterocycles. The van der Waals surface area contributed by atoms with Gasteiger partial charge in [-0.1, -0.05) is 19.1 Å². The summed E-state index contributed by atoms with van der Waals surface area (Å²) in [5, 5.41) is 8.58. The van der Waals surface area contributed by atoms with Crippen molar-refractivity contribution in [3.8, 4) is 0 Å². The van der Waals surface area contributed by atoms with Gasteiger partial charge in [0.2, 0.25) is 0 Å². The second kappa shape index (κ2) is 5.91. The minimum absolute atomic E-state index is 0.0445. The van der Waals surface area contributed by atoms with Crippen molar-refractivity contribution in [3.05, 3.63) is 23.9 Å². The van der Waals surface area contributed by atoms with Gasteiger partial charge in [0.25, 0.3) is 10.0 Å². The van der Waals surface area contributed by atoms with Crippen LogP contribution in [0.4, 0.5) is 0 Å². The van der Waals surface area contributed by atoms with Crippen LogP contribution in [0.2, 0.25) is 0 Å². The zero-order chi connectivity index (χ0) is 17.8. The van der Waals surface area contributed by atoms with E-state index in [4.69, 9.17) is 0 Å². The number of hydrogen-bond acceptors (Lipinski definition) is 5. The highest BCUT2D eigenvalue weighted by Gasteiger charge is 2.36. The molecule has 1 aliphatic carbocycles. The molecule has 1 saturated heterocycles. The molecule has 0 amide bonds. The molecule has 0 aromatic carbocycles. The fraction of sp³-hybridized carbons (Fsp3) is 0.688. The van der Waals surface area contributed by atoms with Crippen molar-refractivity contribution in [1.29, 1.82) is 0 Å². The van der Waals surface area contributed by atoms with Crippen LogP contribution in [0, 0.1) is 0 Å². The largest absolute Gasteiger partial charge is 0.336 e. The van der Waals surface area contributed by atoms with Crippen molar-refractivity contribution < 1.29 is 8.42 Å². The molecule has 1 unspecified atom stereocenters. The van der Waals surface area contributed by atoms with Gasteiger partial charge in [0.05, 0.1) is 11.7 Å². The number of imidazole rings is 1. The number of rotatable bonds is 5. The maximum atomic E-state index is 12.9. The van der Waals surface area contributed by atoms with Crippen LogP contribution in [0.15, 0.2) is 17.4 Å². The monoisotopic (exact) mass is 364 g/mol. The number of aryl methyl sites for hydroxylation is 1. The normalized spacial score (nSPS) is 22.2. The zero-order valence-electron chi connectivity index (χ0n) is 14.8. The van der Waals surface area contributed by atoms with Gasteiger partial charge < -0.3 is 4.57 Å². The third kappa shape index (κ3) is 2.99. The SMILES string of the molecule is CC(C)c1nc(S(=O)(=O)N2CCC(n3cc(C4CC4)nn3)C2)cn1C. The highest BCUT2D eigenvalue weighted by atomic mass is 32.2. The highest BCUT2D eigenvalue weighted by Crippen LogP contribution is 2.39. The fourth-order valence-corrected chi connectivity index (χ4v) is 4.90. The van der Waals surface area contributed by atoms with Gasteiger partial charge in [-0.2, -0.15) is 4.31 Å².